The van der Waals surface area contributed by atoms with Gasteiger partial charge in [-0.25, -0.2) is 0 Å². The Hall–Kier alpha value is -2.67. The summed E-state index contributed by atoms with van der Waals surface area (Å²) in [5, 5.41) is 12.1. The van der Waals surface area contributed by atoms with Crippen molar-refractivity contribution < 1.29 is 4.79 Å². The van der Waals surface area contributed by atoms with Gasteiger partial charge < -0.3 is 5.32 Å². The number of carbonyl (C=O) groups excluding carboxylic acids is 1. The number of aryl methyl sites for hydroxylation is 2. The molecule has 0 aliphatic rings. The lowest BCUT2D eigenvalue weighted by Gasteiger charge is -2.12. The molecule has 1 aromatic carbocycles. The topological polar surface area (TPSA) is 65.8 Å². The molecular formula is C17H17N3O. The average Bonchev–Trinajstić information content (AvgIpc) is 2.48. The van der Waals surface area contributed by atoms with Crippen LogP contribution in [-0.2, 0) is 11.2 Å². The van der Waals surface area contributed by atoms with Crippen LogP contribution in [0.1, 0.15) is 16.7 Å². The minimum absolute atomic E-state index is 0.277. The summed E-state index contributed by atoms with van der Waals surface area (Å²) >= 11 is 0. The Morgan fingerprint density at radius 2 is 2.00 bits per heavy atom. The van der Waals surface area contributed by atoms with Crippen molar-refractivity contribution in [3.63, 3.8) is 0 Å². The summed E-state index contributed by atoms with van der Waals surface area (Å²) in [7, 11) is 0. The molecule has 0 saturated heterocycles. The highest BCUT2D eigenvalue weighted by Gasteiger charge is 2.19. The minimum Gasteiger partial charge on any atom is -0.325 e. The van der Waals surface area contributed by atoms with E-state index in [1.165, 1.54) is 0 Å². The van der Waals surface area contributed by atoms with Crippen molar-refractivity contribution in [1.29, 1.82) is 5.26 Å². The van der Waals surface area contributed by atoms with Crippen LogP contribution in [0.3, 0.4) is 0 Å². The number of pyridine rings is 1. The number of nitriles is 1. The van der Waals surface area contributed by atoms with Crippen molar-refractivity contribution in [1.82, 2.24) is 4.98 Å². The van der Waals surface area contributed by atoms with E-state index >= 15 is 0 Å². The average molecular weight is 279 g/mol. The molecule has 21 heavy (non-hydrogen) atoms. The molecule has 0 aliphatic heterocycles. The summed E-state index contributed by atoms with van der Waals surface area (Å²) in [5.74, 6) is -0.991. The SMILES string of the molecule is Cc1ccc(NC(=O)[C@H](C#N)Cc2ccncc2)c(C)c1. The zero-order valence-electron chi connectivity index (χ0n) is 12.1. The molecule has 0 aliphatic carbocycles. The van der Waals surface area contributed by atoms with Gasteiger partial charge in [-0.15, -0.1) is 0 Å². The van der Waals surface area contributed by atoms with Gasteiger partial charge in [0.15, 0.2) is 0 Å². The van der Waals surface area contributed by atoms with Crippen LogP contribution < -0.4 is 5.32 Å². The maximum atomic E-state index is 12.2. The monoisotopic (exact) mass is 279 g/mol. The first-order valence-corrected chi connectivity index (χ1v) is 6.77. The lowest BCUT2D eigenvalue weighted by atomic mass is 10.0. The number of anilines is 1. The van der Waals surface area contributed by atoms with Crippen molar-refractivity contribution in [3.05, 3.63) is 59.4 Å². The van der Waals surface area contributed by atoms with E-state index in [1.54, 1.807) is 12.4 Å². The Bertz CT molecular complexity index is 674. The van der Waals surface area contributed by atoms with E-state index in [-0.39, 0.29) is 5.91 Å². The first kappa shape index (κ1) is 14.7. The van der Waals surface area contributed by atoms with Gasteiger partial charge in [0.2, 0.25) is 5.91 Å². The number of carbonyl (C=O) groups is 1. The molecule has 1 aromatic heterocycles. The predicted molar refractivity (Wildman–Crippen MR) is 81.6 cm³/mol. The highest BCUT2D eigenvalue weighted by atomic mass is 16.1. The van der Waals surface area contributed by atoms with Crippen LogP contribution in [0.15, 0.2) is 42.7 Å². The number of amides is 1. The fraction of sp³-hybridized carbons (Fsp3) is 0.235. The Labute approximate surface area is 124 Å². The highest BCUT2D eigenvalue weighted by Crippen LogP contribution is 2.18. The van der Waals surface area contributed by atoms with E-state index in [1.807, 2.05) is 44.2 Å². The number of hydrogen-bond donors (Lipinski definition) is 1. The fourth-order valence-corrected chi connectivity index (χ4v) is 2.13. The quantitative estimate of drug-likeness (QED) is 0.935. The second-order valence-electron chi connectivity index (χ2n) is 5.05. The molecule has 2 aromatic rings. The molecule has 0 bridgehead atoms. The van der Waals surface area contributed by atoms with E-state index < -0.39 is 5.92 Å². The van der Waals surface area contributed by atoms with Gasteiger partial charge in [0, 0.05) is 18.1 Å². The van der Waals surface area contributed by atoms with E-state index in [9.17, 15) is 10.1 Å². The van der Waals surface area contributed by atoms with Crippen molar-refractivity contribution in [2.24, 2.45) is 5.92 Å². The van der Waals surface area contributed by atoms with Crippen LogP contribution in [0.5, 0.6) is 0 Å². The normalized spacial score (nSPS) is 11.5. The third kappa shape index (κ3) is 3.90. The van der Waals surface area contributed by atoms with Crippen molar-refractivity contribution in [2.45, 2.75) is 20.3 Å². The van der Waals surface area contributed by atoms with E-state index in [0.29, 0.717) is 6.42 Å². The van der Waals surface area contributed by atoms with Crippen LogP contribution in [0.4, 0.5) is 5.69 Å². The van der Waals surface area contributed by atoms with Gasteiger partial charge >= 0.3 is 0 Å². The summed E-state index contributed by atoms with van der Waals surface area (Å²) in [4.78, 5) is 16.2. The molecule has 0 unspecified atom stereocenters. The standard InChI is InChI=1S/C17H17N3O/c1-12-3-4-16(13(2)9-12)20-17(21)15(11-18)10-14-5-7-19-8-6-14/h3-9,15H,10H2,1-2H3,(H,20,21)/t15-/m0/s1. The van der Waals surface area contributed by atoms with E-state index in [4.69, 9.17) is 0 Å². The number of rotatable bonds is 4. The Balaban J connectivity index is 2.09. The molecule has 1 amide bonds. The van der Waals surface area contributed by atoms with Crippen LogP contribution in [0, 0.1) is 31.1 Å². The van der Waals surface area contributed by atoms with Crippen LogP contribution in [0.25, 0.3) is 0 Å². The number of benzene rings is 1. The van der Waals surface area contributed by atoms with Gasteiger partial charge in [-0.1, -0.05) is 17.7 Å². The number of aromatic nitrogens is 1. The lowest BCUT2D eigenvalue weighted by Crippen LogP contribution is -2.23. The predicted octanol–water partition coefficient (Wildman–Crippen LogP) is 3.02. The number of nitrogens with one attached hydrogen (secondary N) is 1. The van der Waals surface area contributed by atoms with Gasteiger partial charge in [-0.3, -0.25) is 9.78 Å². The summed E-state index contributed by atoms with van der Waals surface area (Å²) in [6.45, 7) is 3.94. The Morgan fingerprint density at radius 1 is 1.29 bits per heavy atom. The second kappa shape index (κ2) is 6.67. The third-order valence-corrected chi connectivity index (χ3v) is 3.30. The Kier molecular flexibility index (Phi) is 4.68. The summed E-state index contributed by atoms with van der Waals surface area (Å²) in [6, 6.07) is 11.5. The maximum absolute atomic E-state index is 12.2. The number of nitrogens with zero attached hydrogens (tertiary/aromatic N) is 2. The molecule has 4 nitrogen and oxygen atoms in total. The van der Waals surface area contributed by atoms with Gasteiger partial charge in [0.05, 0.1) is 6.07 Å². The van der Waals surface area contributed by atoms with Crippen LogP contribution in [-0.4, -0.2) is 10.9 Å². The molecule has 4 heteroatoms. The fourth-order valence-electron chi connectivity index (χ4n) is 2.13. The molecule has 2 rings (SSSR count). The molecule has 0 spiro atoms. The van der Waals surface area contributed by atoms with Gasteiger partial charge in [-0.05, 0) is 49.6 Å². The molecule has 1 atom stereocenters. The second-order valence-corrected chi connectivity index (χ2v) is 5.05. The van der Waals surface area contributed by atoms with Crippen molar-refractivity contribution in [3.8, 4) is 6.07 Å². The Morgan fingerprint density at radius 3 is 2.62 bits per heavy atom. The number of hydrogen-bond acceptors (Lipinski definition) is 3. The highest BCUT2D eigenvalue weighted by molar-refractivity contribution is 5.95. The van der Waals surface area contributed by atoms with E-state index in [0.717, 1.165) is 22.4 Å². The smallest absolute Gasteiger partial charge is 0.242 e. The third-order valence-electron chi connectivity index (χ3n) is 3.30. The molecule has 106 valence electrons. The molecule has 0 saturated carbocycles. The van der Waals surface area contributed by atoms with Crippen LogP contribution >= 0.6 is 0 Å². The van der Waals surface area contributed by atoms with Gasteiger partial charge in [0.1, 0.15) is 5.92 Å². The zero-order valence-corrected chi connectivity index (χ0v) is 12.1. The molecule has 0 radical (unpaired) electrons. The van der Waals surface area contributed by atoms with Gasteiger partial charge in [0.25, 0.3) is 0 Å². The zero-order chi connectivity index (χ0) is 15.2. The minimum atomic E-state index is -0.715. The van der Waals surface area contributed by atoms with Crippen molar-refractivity contribution in [2.75, 3.05) is 5.32 Å². The molecular weight excluding hydrogens is 262 g/mol. The van der Waals surface area contributed by atoms with E-state index in [2.05, 4.69) is 16.4 Å². The van der Waals surface area contributed by atoms with Gasteiger partial charge in [-0.2, -0.15) is 5.26 Å². The first-order valence-electron chi connectivity index (χ1n) is 6.77. The molecule has 0 fully saturated rings. The summed E-state index contributed by atoms with van der Waals surface area (Å²) < 4.78 is 0. The summed E-state index contributed by atoms with van der Waals surface area (Å²) in [6.07, 6.45) is 3.70. The molecule has 1 heterocycles. The van der Waals surface area contributed by atoms with Crippen LogP contribution in [0.2, 0.25) is 0 Å². The molecule has 1 N–H and O–H groups in total. The lowest BCUT2D eigenvalue weighted by molar-refractivity contribution is -0.118. The largest absolute Gasteiger partial charge is 0.325 e. The summed E-state index contributed by atoms with van der Waals surface area (Å²) in [5.41, 5.74) is 3.80. The first-order chi connectivity index (χ1) is 10.1. The maximum Gasteiger partial charge on any atom is 0.242 e. The van der Waals surface area contributed by atoms with Crippen molar-refractivity contribution >= 4 is 11.6 Å².